The van der Waals surface area contributed by atoms with Gasteiger partial charge in [0.2, 0.25) is 0 Å². The van der Waals surface area contributed by atoms with E-state index in [4.69, 9.17) is 4.74 Å². The monoisotopic (exact) mass is 454 g/mol. The molecule has 1 heterocycles. The third kappa shape index (κ3) is 4.91. The van der Waals surface area contributed by atoms with Gasteiger partial charge in [-0.05, 0) is 58.7 Å². The van der Waals surface area contributed by atoms with Gasteiger partial charge in [0.15, 0.2) is 0 Å². The predicted molar refractivity (Wildman–Crippen MR) is 132 cm³/mol. The van der Waals surface area contributed by atoms with Gasteiger partial charge in [-0.15, -0.1) is 5.53 Å². The predicted octanol–water partition coefficient (Wildman–Crippen LogP) is 5.72. The van der Waals surface area contributed by atoms with Gasteiger partial charge in [0.1, 0.15) is 5.82 Å². The molecule has 4 aromatic rings. The van der Waals surface area contributed by atoms with Crippen LogP contribution in [0, 0.1) is 5.82 Å². The van der Waals surface area contributed by atoms with Gasteiger partial charge in [0.25, 0.3) is 5.91 Å². The van der Waals surface area contributed by atoms with Crippen molar-refractivity contribution in [2.24, 2.45) is 0 Å². The van der Waals surface area contributed by atoms with Crippen molar-refractivity contribution in [3.05, 3.63) is 114 Å². The lowest BCUT2D eigenvalue weighted by Gasteiger charge is -2.10. The maximum Gasteiger partial charge on any atom is 0.258 e. The highest BCUT2D eigenvalue weighted by Gasteiger charge is 2.15. The van der Waals surface area contributed by atoms with Crippen LogP contribution in [0.5, 0.6) is 0 Å². The van der Waals surface area contributed by atoms with E-state index in [1.54, 1.807) is 24.3 Å². The quantitative estimate of drug-likeness (QED) is 0.288. The number of ether oxygens (including phenoxy) is 1. The van der Waals surface area contributed by atoms with Crippen molar-refractivity contribution < 1.29 is 13.9 Å². The molecule has 0 aliphatic carbocycles. The first-order valence-corrected chi connectivity index (χ1v) is 10.9. The fraction of sp³-hybridized carbons (Fsp3) is 0.0741. The second kappa shape index (κ2) is 9.74. The molecule has 0 fully saturated rings. The number of nitrogens with one attached hydrogen (secondary N) is 4. The van der Waals surface area contributed by atoms with Crippen molar-refractivity contribution in [3.8, 4) is 11.1 Å². The minimum Gasteiger partial charge on any atom is -0.372 e. The van der Waals surface area contributed by atoms with Gasteiger partial charge < -0.3 is 20.9 Å². The molecule has 4 aromatic carbocycles. The lowest BCUT2D eigenvalue weighted by molar-refractivity contribution is 0.102. The Balaban J connectivity index is 1.24. The SMILES string of the molecule is O=C(Nc1ccc(COCc2ccccc2)cc1)c1cc(-c2ccc3c(c2)NNN3)ccc1F. The summed E-state index contributed by atoms with van der Waals surface area (Å²) >= 11 is 0. The summed E-state index contributed by atoms with van der Waals surface area (Å²) in [5.41, 5.74) is 14.9. The third-order valence-corrected chi connectivity index (χ3v) is 5.55. The lowest BCUT2D eigenvalue weighted by atomic mass is 10.0. The molecule has 0 spiro atoms. The topological polar surface area (TPSA) is 74.4 Å². The van der Waals surface area contributed by atoms with Gasteiger partial charge >= 0.3 is 0 Å². The normalized spacial score (nSPS) is 11.9. The summed E-state index contributed by atoms with van der Waals surface area (Å²) in [5, 5.41) is 2.78. The number of carbonyl (C=O) groups excluding carboxylic acids is 1. The minimum absolute atomic E-state index is 0.0162. The van der Waals surface area contributed by atoms with E-state index in [9.17, 15) is 9.18 Å². The molecule has 6 nitrogen and oxygen atoms in total. The Morgan fingerprint density at radius 3 is 2.24 bits per heavy atom. The van der Waals surface area contributed by atoms with Crippen LogP contribution in [0.4, 0.5) is 21.5 Å². The summed E-state index contributed by atoms with van der Waals surface area (Å²) < 4.78 is 20.2. The summed E-state index contributed by atoms with van der Waals surface area (Å²) in [5.74, 6) is -1.08. The summed E-state index contributed by atoms with van der Waals surface area (Å²) in [6.07, 6.45) is 0. The molecular formula is C27H23FN4O2. The Hall–Kier alpha value is -4.20. The molecule has 1 amide bonds. The summed E-state index contributed by atoms with van der Waals surface area (Å²) in [6.45, 7) is 0.989. The highest BCUT2D eigenvalue weighted by molar-refractivity contribution is 6.05. The van der Waals surface area contributed by atoms with Crippen LogP contribution in [-0.2, 0) is 18.0 Å². The molecule has 0 saturated carbocycles. The molecule has 34 heavy (non-hydrogen) atoms. The first-order chi connectivity index (χ1) is 16.7. The minimum atomic E-state index is -0.574. The second-order valence-electron chi connectivity index (χ2n) is 7.96. The Bertz CT molecular complexity index is 1310. The zero-order valence-corrected chi connectivity index (χ0v) is 18.3. The van der Waals surface area contributed by atoms with Crippen molar-refractivity contribution >= 4 is 23.0 Å². The number of carbonyl (C=O) groups is 1. The van der Waals surface area contributed by atoms with Crippen LogP contribution in [0.25, 0.3) is 11.1 Å². The van der Waals surface area contributed by atoms with Gasteiger partial charge in [-0.25, -0.2) is 4.39 Å². The number of amides is 1. The number of hydrazine groups is 2. The fourth-order valence-electron chi connectivity index (χ4n) is 3.72. The number of hydrogen-bond acceptors (Lipinski definition) is 5. The number of fused-ring (bicyclic) bond motifs is 1. The highest BCUT2D eigenvalue weighted by Crippen LogP contribution is 2.31. The molecular weight excluding hydrogens is 431 g/mol. The molecule has 4 N–H and O–H groups in total. The van der Waals surface area contributed by atoms with Crippen LogP contribution in [-0.4, -0.2) is 5.91 Å². The fourth-order valence-corrected chi connectivity index (χ4v) is 3.72. The van der Waals surface area contributed by atoms with Crippen LogP contribution in [0.2, 0.25) is 0 Å². The Kier molecular flexibility index (Phi) is 6.20. The van der Waals surface area contributed by atoms with E-state index in [0.717, 1.165) is 33.6 Å². The largest absolute Gasteiger partial charge is 0.372 e. The average Bonchev–Trinajstić information content (AvgIpc) is 3.34. The van der Waals surface area contributed by atoms with Crippen molar-refractivity contribution in [1.29, 1.82) is 0 Å². The first kappa shape index (κ1) is 21.6. The van der Waals surface area contributed by atoms with Crippen molar-refractivity contribution in [1.82, 2.24) is 5.53 Å². The first-order valence-electron chi connectivity index (χ1n) is 10.9. The molecule has 0 saturated heterocycles. The average molecular weight is 455 g/mol. The number of hydrogen-bond donors (Lipinski definition) is 4. The number of benzene rings is 4. The Morgan fingerprint density at radius 2 is 1.44 bits per heavy atom. The number of halogens is 1. The van der Waals surface area contributed by atoms with Crippen molar-refractivity contribution in [2.45, 2.75) is 13.2 Å². The van der Waals surface area contributed by atoms with Crippen molar-refractivity contribution in [3.63, 3.8) is 0 Å². The molecule has 0 aromatic heterocycles. The molecule has 170 valence electrons. The molecule has 0 bridgehead atoms. The number of rotatable bonds is 7. The van der Waals surface area contributed by atoms with Crippen LogP contribution >= 0.6 is 0 Å². The second-order valence-corrected chi connectivity index (χ2v) is 7.96. The molecule has 1 aliphatic rings. The van der Waals surface area contributed by atoms with Crippen LogP contribution < -0.4 is 21.7 Å². The van der Waals surface area contributed by atoms with Gasteiger partial charge in [-0.2, -0.15) is 0 Å². The van der Waals surface area contributed by atoms with Gasteiger partial charge in [0.05, 0.1) is 30.2 Å². The van der Waals surface area contributed by atoms with E-state index in [-0.39, 0.29) is 5.56 Å². The zero-order valence-electron chi connectivity index (χ0n) is 18.3. The Labute approximate surface area is 196 Å². The standard InChI is InChI=1S/C27H23FN4O2/c28-24-12-8-20(21-9-13-25-26(15-21)31-32-30-25)14-23(24)27(33)29-22-10-6-19(7-11-22)17-34-16-18-4-2-1-3-5-18/h1-15,30-32H,16-17H2,(H,29,33). The summed E-state index contributed by atoms with van der Waals surface area (Å²) in [6, 6.07) is 27.6. The van der Waals surface area contributed by atoms with E-state index in [1.807, 2.05) is 60.7 Å². The lowest BCUT2D eigenvalue weighted by Crippen LogP contribution is -2.19. The molecule has 0 unspecified atom stereocenters. The van der Waals surface area contributed by atoms with Crippen LogP contribution in [0.1, 0.15) is 21.5 Å². The molecule has 5 rings (SSSR count). The molecule has 1 aliphatic heterocycles. The van der Waals surface area contributed by atoms with Crippen LogP contribution in [0.15, 0.2) is 91.0 Å². The highest BCUT2D eigenvalue weighted by atomic mass is 19.1. The van der Waals surface area contributed by atoms with E-state index in [2.05, 4.69) is 21.7 Å². The summed E-state index contributed by atoms with van der Waals surface area (Å²) in [4.78, 5) is 12.8. The maximum absolute atomic E-state index is 14.5. The zero-order chi connectivity index (χ0) is 23.3. The van der Waals surface area contributed by atoms with Crippen molar-refractivity contribution in [2.75, 3.05) is 16.2 Å². The third-order valence-electron chi connectivity index (χ3n) is 5.55. The van der Waals surface area contributed by atoms with E-state index < -0.39 is 11.7 Å². The molecule has 0 atom stereocenters. The molecule has 0 radical (unpaired) electrons. The number of anilines is 3. The van der Waals surface area contributed by atoms with E-state index in [0.29, 0.717) is 18.9 Å². The van der Waals surface area contributed by atoms with Gasteiger partial charge in [0, 0.05) is 5.69 Å². The van der Waals surface area contributed by atoms with Gasteiger partial charge in [-0.1, -0.05) is 54.6 Å². The smallest absolute Gasteiger partial charge is 0.258 e. The summed E-state index contributed by atoms with van der Waals surface area (Å²) in [7, 11) is 0. The molecule has 7 heteroatoms. The van der Waals surface area contributed by atoms with Gasteiger partial charge in [-0.3, -0.25) is 4.79 Å². The van der Waals surface area contributed by atoms with Crippen LogP contribution in [0.3, 0.4) is 0 Å². The van der Waals surface area contributed by atoms with E-state index in [1.165, 1.54) is 6.07 Å². The Morgan fingerprint density at radius 1 is 0.765 bits per heavy atom. The maximum atomic E-state index is 14.5. The van der Waals surface area contributed by atoms with E-state index >= 15 is 0 Å².